The van der Waals surface area contributed by atoms with Gasteiger partial charge in [-0.05, 0) is 41.8 Å². The predicted molar refractivity (Wildman–Crippen MR) is 64.0 cm³/mol. The fraction of sp³-hybridized carbons (Fsp3) is 0.214. The van der Waals surface area contributed by atoms with Gasteiger partial charge >= 0.3 is 0 Å². The van der Waals surface area contributed by atoms with Gasteiger partial charge in [-0.15, -0.1) is 0 Å². The van der Waals surface area contributed by atoms with Crippen molar-refractivity contribution < 1.29 is 13.9 Å². The Hall–Kier alpha value is -1.81. The van der Waals surface area contributed by atoms with Crippen LogP contribution in [0.5, 0.6) is 0 Å². The highest BCUT2D eigenvalue weighted by Gasteiger charge is 2.18. The molecule has 94 valence electrons. The quantitative estimate of drug-likeness (QED) is 0.907. The third-order valence-electron chi connectivity index (χ3n) is 2.87. The minimum absolute atomic E-state index is 0.0594. The van der Waals surface area contributed by atoms with Gasteiger partial charge in [0, 0.05) is 18.0 Å². The molecule has 2 nitrogen and oxygen atoms in total. The van der Waals surface area contributed by atoms with Crippen LogP contribution in [0, 0.1) is 11.6 Å². The molecule has 0 saturated heterocycles. The number of nitrogens with zero attached hydrogens (tertiary/aromatic N) is 1. The van der Waals surface area contributed by atoms with Crippen molar-refractivity contribution in [3.8, 4) is 0 Å². The number of aryl methyl sites for hydroxylation is 1. The van der Waals surface area contributed by atoms with E-state index in [-0.39, 0.29) is 5.56 Å². The molecule has 1 aromatic carbocycles. The molecular weight excluding hydrogens is 236 g/mol. The molecular formula is C14H13F2NO. The molecule has 1 unspecified atom stereocenters. The zero-order valence-corrected chi connectivity index (χ0v) is 9.90. The normalized spacial score (nSPS) is 12.4. The fourth-order valence-corrected chi connectivity index (χ4v) is 1.89. The average Bonchev–Trinajstić information content (AvgIpc) is 2.40. The molecule has 0 aliphatic carbocycles. The second-order valence-corrected chi connectivity index (χ2v) is 4.00. The highest BCUT2D eigenvalue weighted by Crippen LogP contribution is 2.27. The Labute approximate surface area is 104 Å². The van der Waals surface area contributed by atoms with Crippen molar-refractivity contribution in [3.63, 3.8) is 0 Å². The van der Waals surface area contributed by atoms with Crippen molar-refractivity contribution in [1.82, 2.24) is 4.98 Å². The zero-order valence-electron chi connectivity index (χ0n) is 9.90. The first-order valence-electron chi connectivity index (χ1n) is 5.69. The van der Waals surface area contributed by atoms with Crippen LogP contribution in [0.4, 0.5) is 8.78 Å². The average molecular weight is 249 g/mol. The van der Waals surface area contributed by atoms with Crippen LogP contribution in [-0.4, -0.2) is 10.1 Å². The summed E-state index contributed by atoms with van der Waals surface area (Å²) in [6.45, 7) is 1.91. The number of aliphatic hydroxyl groups excluding tert-OH is 1. The van der Waals surface area contributed by atoms with E-state index in [1.165, 1.54) is 6.20 Å². The Morgan fingerprint density at radius 3 is 2.72 bits per heavy atom. The third kappa shape index (κ3) is 2.38. The summed E-state index contributed by atoms with van der Waals surface area (Å²) in [5, 5.41) is 10.2. The summed E-state index contributed by atoms with van der Waals surface area (Å²) in [7, 11) is 0. The summed E-state index contributed by atoms with van der Waals surface area (Å²) in [5.74, 6) is -1.19. The molecule has 2 rings (SSSR count). The molecule has 0 saturated carbocycles. The van der Waals surface area contributed by atoms with E-state index in [2.05, 4.69) is 4.98 Å². The van der Waals surface area contributed by atoms with Gasteiger partial charge in [0.05, 0.1) is 0 Å². The second-order valence-electron chi connectivity index (χ2n) is 4.00. The Kier molecular flexibility index (Phi) is 3.67. The van der Waals surface area contributed by atoms with Gasteiger partial charge in [0.2, 0.25) is 0 Å². The van der Waals surface area contributed by atoms with Gasteiger partial charge in [-0.25, -0.2) is 8.78 Å². The van der Waals surface area contributed by atoms with Crippen LogP contribution >= 0.6 is 0 Å². The van der Waals surface area contributed by atoms with Gasteiger partial charge in [-0.2, -0.15) is 0 Å². The van der Waals surface area contributed by atoms with Crippen LogP contribution in [-0.2, 0) is 6.42 Å². The molecule has 0 aliphatic rings. The summed E-state index contributed by atoms with van der Waals surface area (Å²) in [6.07, 6.45) is 2.63. The van der Waals surface area contributed by atoms with Crippen LogP contribution in [0.3, 0.4) is 0 Å². The van der Waals surface area contributed by atoms with Crippen molar-refractivity contribution in [3.05, 3.63) is 65.0 Å². The molecule has 2 aromatic rings. The van der Waals surface area contributed by atoms with Crippen LogP contribution in [0.1, 0.15) is 29.7 Å². The van der Waals surface area contributed by atoms with Gasteiger partial charge in [0.25, 0.3) is 0 Å². The van der Waals surface area contributed by atoms with E-state index in [4.69, 9.17) is 0 Å². The molecule has 0 bridgehead atoms. The second kappa shape index (κ2) is 5.23. The summed E-state index contributed by atoms with van der Waals surface area (Å²) in [6, 6.07) is 4.67. The van der Waals surface area contributed by atoms with Gasteiger partial charge in [-0.1, -0.05) is 6.92 Å². The SMILES string of the molecule is CCc1cnccc1C(O)c1cc(F)ccc1F. The minimum Gasteiger partial charge on any atom is -0.384 e. The molecule has 1 N–H and O–H groups in total. The predicted octanol–water partition coefficient (Wildman–Crippen LogP) is 3.00. The Balaban J connectivity index is 2.47. The fourth-order valence-electron chi connectivity index (χ4n) is 1.89. The van der Waals surface area contributed by atoms with Gasteiger partial charge in [-0.3, -0.25) is 4.98 Å². The first kappa shape index (κ1) is 12.6. The van der Waals surface area contributed by atoms with Crippen molar-refractivity contribution in [1.29, 1.82) is 0 Å². The maximum absolute atomic E-state index is 13.6. The Bertz CT molecular complexity index is 557. The number of halogens is 2. The first-order chi connectivity index (χ1) is 8.63. The molecule has 18 heavy (non-hydrogen) atoms. The molecule has 1 aromatic heterocycles. The van der Waals surface area contributed by atoms with Gasteiger partial charge in [0.15, 0.2) is 0 Å². The largest absolute Gasteiger partial charge is 0.384 e. The number of aliphatic hydroxyl groups is 1. The van der Waals surface area contributed by atoms with E-state index in [1.807, 2.05) is 6.92 Å². The maximum Gasteiger partial charge on any atom is 0.129 e. The van der Waals surface area contributed by atoms with Gasteiger partial charge < -0.3 is 5.11 Å². The first-order valence-corrected chi connectivity index (χ1v) is 5.69. The van der Waals surface area contributed by atoms with Crippen molar-refractivity contribution >= 4 is 0 Å². The molecule has 1 atom stereocenters. The standard InChI is InChI=1S/C14H13F2NO/c1-2-9-8-17-6-5-11(9)14(18)12-7-10(15)3-4-13(12)16/h3-8,14,18H,2H2,1H3. The number of benzene rings is 1. The molecule has 0 amide bonds. The molecule has 1 heterocycles. The van der Waals surface area contributed by atoms with E-state index in [9.17, 15) is 13.9 Å². The lowest BCUT2D eigenvalue weighted by Gasteiger charge is -2.15. The number of hydrogen-bond acceptors (Lipinski definition) is 2. The van der Waals surface area contributed by atoms with E-state index in [1.54, 1.807) is 12.3 Å². The number of hydrogen-bond donors (Lipinski definition) is 1. The monoisotopic (exact) mass is 249 g/mol. The maximum atomic E-state index is 13.6. The Morgan fingerprint density at radius 1 is 1.22 bits per heavy atom. The van der Waals surface area contributed by atoms with Crippen LogP contribution in [0.15, 0.2) is 36.7 Å². The highest BCUT2D eigenvalue weighted by atomic mass is 19.1. The smallest absolute Gasteiger partial charge is 0.129 e. The summed E-state index contributed by atoms with van der Waals surface area (Å²) in [5.41, 5.74) is 1.31. The molecule has 0 aliphatic heterocycles. The minimum atomic E-state index is -1.18. The lowest BCUT2D eigenvalue weighted by molar-refractivity contribution is 0.213. The number of pyridine rings is 1. The van der Waals surface area contributed by atoms with E-state index in [0.29, 0.717) is 12.0 Å². The Morgan fingerprint density at radius 2 is 2.00 bits per heavy atom. The summed E-state index contributed by atoms with van der Waals surface area (Å²) >= 11 is 0. The van der Waals surface area contributed by atoms with E-state index in [0.717, 1.165) is 23.8 Å². The zero-order chi connectivity index (χ0) is 13.1. The molecule has 0 radical (unpaired) electrons. The highest BCUT2D eigenvalue weighted by molar-refractivity contribution is 5.34. The van der Waals surface area contributed by atoms with E-state index < -0.39 is 17.7 Å². The summed E-state index contributed by atoms with van der Waals surface area (Å²) < 4.78 is 26.7. The lowest BCUT2D eigenvalue weighted by Crippen LogP contribution is -2.06. The topological polar surface area (TPSA) is 33.1 Å². The van der Waals surface area contributed by atoms with Crippen LogP contribution < -0.4 is 0 Å². The van der Waals surface area contributed by atoms with Crippen LogP contribution in [0.2, 0.25) is 0 Å². The molecule has 0 spiro atoms. The molecule has 0 fully saturated rings. The van der Waals surface area contributed by atoms with Crippen molar-refractivity contribution in [2.45, 2.75) is 19.4 Å². The molecule has 4 heteroatoms. The van der Waals surface area contributed by atoms with Gasteiger partial charge in [0.1, 0.15) is 17.7 Å². The lowest BCUT2D eigenvalue weighted by atomic mass is 9.97. The number of aromatic nitrogens is 1. The van der Waals surface area contributed by atoms with Crippen molar-refractivity contribution in [2.75, 3.05) is 0 Å². The van der Waals surface area contributed by atoms with Crippen LogP contribution in [0.25, 0.3) is 0 Å². The number of rotatable bonds is 3. The third-order valence-corrected chi connectivity index (χ3v) is 2.87. The summed E-state index contributed by atoms with van der Waals surface area (Å²) in [4.78, 5) is 3.95. The van der Waals surface area contributed by atoms with Crippen molar-refractivity contribution in [2.24, 2.45) is 0 Å². The van der Waals surface area contributed by atoms with E-state index >= 15 is 0 Å².